The molecule has 0 aliphatic carbocycles. The van der Waals surface area contributed by atoms with Gasteiger partial charge in [0.15, 0.2) is 0 Å². The van der Waals surface area contributed by atoms with Crippen molar-refractivity contribution in [1.82, 2.24) is 9.55 Å². The Balaban J connectivity index is 1.60. The second-order valence-electron chi connectivity index (χ2n) is 7.30. The van der Waals surface area contributed by atoms with Crippen LogP contribution in [0.4, 0.5) is 5.95 Å². The van der Waals surface area contributed by atoms with E-state index < -0.39 is 0 Å². The molecule has 0 saturated carbocycles. The molecule has 2 heterocycles. The van der Waals surface area contributed by atoms with E-state index in [1.54, 1.807) is 0 Å². The van der Waals surface area contributed by atoms with E-state index in [1.165, 1.54) is 11.1 Å². The minimum absolute atomic E-state index is 0.197. The minimum Gasteiger partial charge on any atom is -0.494 e. The fraction of sp³-hybridized carbons (Fsp3) is 0.208. The molecule has 4 aromatic rings. The molecule has 3 aromatic carbocycles. The van der Waals surface area contributed by atoms with Gasteiger partial charge >= 0.3 is 0 Å². The summed E-state index contributed by atoms with van der Waals surface area (Å²) in [4.78, 5) is 4.89. The largest absolute Gasteiger partial charge is 0.494 e. The lowest BCUT2D eigenvalue weighted by atomic mass is 9.93. The Morgan fingerprint density at radius 1 is 1.00 bits per heavy atom. The van der Waals surface area contributed by atoms with Gasteiger partial charge in [0.25, 0.3) is 0 Å². The SMILES string of the molecule is CCOc1ccc([C@H]2C[C@@H](c3ccc(Br)cc3)Nc3nc4ccccc4n32)cc1. The summed E-state index contributed by atoms with van der Waals surface area (Å²) in [5, 5.41) is 3.67. The van der Waals surface area contributed by atoms with Crippen LogP contribution in [-0.4, -0.2) is 16.2 Å². The van der Waals surface area contributed by atoms with E-state index in [4.69, 9.17) is 9.72 Å². The molecule has 0 spiro atoms. The molecule has 29 heavy (non-hydrogen) atoms. The molecule has 146 valence electrons. The lowest BCUT2D eigenvalue weighted by molar-refractivity contribution is 0.340. The molecule has 2 atom stereocenters. The van der Waals surface area contributed by atoms with Gasteiger partial charge in [-0.1, -0.05) is 52.3 Å². The second kappa shape index (κ2) is 7.56. The van der Waals surface area contributed by atoms with E-state index in [9.17, 15) is 0 Å². The highest BCUT2D eigenvalue weighted by Gasteiger charge is 2.30. The fourth-order valence-corrected chi connectivity index (χ4v) is 4.42. The van der Waals surface area contributed by atoms with Crippen LogP contribution in [0.1, 0.15) is 36.6 Å². The van der Waals surface area contributed by atoms with E-state index in [0.717, 1.165) is 33.6 Å². The van der Waals surface area contributed by atoms with Gasteiger partial charge in [-0.25, -0.2) is 4.98 Å². The Bertz CT molecular complexity index is 1140. The maximum absolute atomic E-state index is 5.64. The number of nitrogens with one attached hydrogen (secondary N) is 1. The molecule has 0 amide bonds. The smallest absolute Gasteiger partial charge is 0.204 e. The molecule has 0 radical (unpaired) electrons. The number of aromatic nitrogens is 2. The van der Waals surface area contributed by atoms with Crippen molar-refractivity contribution in [1.29, 1.82) is 0 Å². The number of halogens is 1. The molecule has 1 aliphatic rings. The molecule has 4 nitrogen and oxygen atoms in total. The average Bonchev–Trinajstić information content (AvgIpc) is 3.13. The first-order chi connectivity index (χ1) is 14.2. The zero-order valence-electron chi connectivity index (χ0n) is 16.2. The van der Waals surface area contributed by atoms with Crippen molar-refractivity contribution in [3.05, 3.63) is 88.4 Å². The summed E-state index contributed by atoms with van der Waals surface area (Å²) in [7, 11) is 0. The molecule has 0 bridgehead atoms. The van der Waals surface area contributed by atoms with E-state index >= 15 is 0 Å². The van der Waals surface area contributed by atoms with Crippen molar-refractivity contribution in [2.45, 2.75) is 25.4 Å². The molecule has 0 saturated heterocycles. The highest BCUT2D eigenvalue weighted by atomic mass is 79.9. The summed E-state index contributed by atoms with van der Waals surface area (Å²) in [6.45, 7) is 2.68. The van der Waals surface area contributed by atoms with Gasteiger partial charge in [0, 0.05) is 4.47 Å². The number of anilines is 1. The maximum atomic E-state index is 5.64. The quantitative estimate of drug-likeness (QED) is 0.396. The van der Waals surface area contributed by atoms with Crippen molar-refractivity contribution in [2.24, 2.45) is 0 Å². The monoisotopic (exact) mass is 447 g/mol. The lowest BCUT2D eigenvalue weighted by Gasteiger charge is -2.33. The third kappa shape index (κ3) is 3.40. The summed E-state index contributed by atoms with van der Waals surface area (Å²) in [5.74, 6) is 1.83. The molecular weight excluding hydrogens is 426 g/mol. The van der Waals surface area contributed by atoms with Gasteiger partial charge in [-0.2, -0.15) is 0 Å². The Morgan fingerprint density at radius 2 is 1.72 bits per heavy atom. The van der Waals surface area contributed by atoms with Crippen LogP contribution in [0.3, 0.4) is 0 Å². The topological polar surface area (TPSA) is 39.1 Å². The van der Waals surface area contributed by atoms with E-state index in [2.05, 4.69) is 92.5 Å². The first kappa shape index (κ1) is 18.3. The number of nitrogens with zero attached hydrogens (tertiary/aromatic N) is 2. The Morgan fingerprint density at radius 3 is 2.48 bits per heavy atom. The Labute approximate surface area is 178 Å². The summed E-state index contributed by atoms with van der Waals surface area (Å²) in [5.41, 5.74) is 4.70. The van der Waals surface area contributed by atoms with Gasteiger partial charge < -0.3 is 14.6 Å². The zero-order chi connectivity index (χ0) is 19.8. The number of rotatable bonds is 4. The fourth-order valence-electron chi connectivity index (χ4n) is 4.16. The zero-order valence-corrected chi connectivity index (χ0v) is 17.8. The molecule has 5 heteroatoms. The van der Waals surface area contributed by atoms with Crippen molar-refractivity contribution < 1.29 is 4.74 Å². The summed E-state index contributed by atoms with van der Waals surface area (Å²) >= 11 is 3.54. The molecule has 5 rings (SSSR count). The van der Waals surface area contributed by atoms with Gasteiger partial charge in [-0.05, 0) is 60.9 Å². The number of hydrogen-bond acceptors (Lipinski definition) is 3. The number of hydrogen-bond donors (Lipinski definition) is 1. The van der Waals surface area contributed by atoms with Crippen molar-refractivity contribution >= 4 is 32.9 Å². The van der Waals surface area contributed by atoms with Crippen LogP contribution in [0.15, 0.2) is 77.3 Å². The van der Waals surface area contributed by atoms with Crippen molar-refractivity contribution in [3.8, 4) is 5.75 Å². The van der Waals surface area contributed by atoms with Gasteiger partial charge in [0.2, 0.25) is 5.95 Å². The van der Waals surface area contributed by atoms with Crippen LogP contribution in [-0.2, 0) is 0 Å². The number of imidazole rings is 1. The number of para-hydroxylation sites is 2. The number of fused-ring (bicyclic) bond motifs is 3. The third-order valence-electron chi connectivity index (χ3n) is 5.52. The third-order valence-corrected chi connectivity index (χ3v) is 6.05. The average molecular weight is 448 g/mol. The standard InChI is InChI=1S/C24H22BrN3O/c1-2-29-19-13-9-17(10-14-19)23-15-21(16-7-11-18(25)12-8-16)27-24-26-20-5-3-4-6-22(20)28(23)24/h3-14,21,23H,2,15H2,1H3,(H,26,27)/t21-,23+/m0/s1. The van der Waals surface area contributed by atoms with Gasteiger partial charge in [0.1, 0.15) is 5.75 Å². The predicted molar refractivity (Wildman–Crippen MR) is 121 cm³/mol. The van der Waals surface area contributed by atoms with Crippen LogP contribution in [0.5, 0.6) is 5.75 Å². The summed E-state index contributed by atoms with van der Waals surface area (Å²) in [6.07, 6.45) is 0.947. The van der Waals surface area contributed by atoms with Crippen molar-refractivity contribution in [2.75, 3.05) is 11.9 Å². The predicted octanol–water partition coefficient (Wildman–Crippen LogP) is 6.34. The summed E-state index contributed by atoms with van der Waals surface area (Å²) in [6, 6.07) is 25.8. The molecule has 1 aromatic heterocycles. The van der Waals surface area contributed by atoms with Gasteiger partial charge in [0.05, 0.1) is 29.7 Å². The molecule has 1 aliphatic heterocycles. The highest BCUT2D eigenvalue weighted by molar-refractivity contribution is 9.10. The van der Waals surface area contributed by atoms with Crippen LogP contribution in [0.25, 0.3) is 11.0 Å². The van der Waals surface area contributed by atoms with Crippen molar-refractivity contribution in [3.63, 3.8) is 0 Å². The lowest BCUT2D eigenvalue weighted by Crippen LogP contribution is -2.27. The summed E-state index contributed by atoms with van der Waals surface area (Å²) < 4.78 is 9.06. The highest BCUT2D eigenvalue weighted by Crippen LogP contribution is 2.41. The minimum atomic E-state index is 0.197. The number of benzene rings is 3. The van der Waals surface area contributed by atoms with Gasteiger partial charge in [-0.3, -0.25) is 0 Å². The molecule has 0 unspecified atom stereocenters. The van der Waals surface area contributed by atoms with E-state index in [0.29, 0.717) is 6.61 Å². The molecule has 1 N–H and O–H groups in total. The second-order valence-corrected chi connectivity index (χ2v) is 8.21. The first-order valence-electron chi connectivity index (χ1n) is 9.94. The number of ether oxygens (including phenoxy) is 1. The van der Waals surface area contributed by atoms with E-state index in [-0.39, 0.29) is 12.1 Å². The normalized spacial score (nSPS) is 18.3. The van der Waals surface area contributed by atoms with Gasteiger partial charge in [-0.15, -0.1) is 0 Å². The maximum Gasteiger partial charge on any atom is 0.204 e. The van der Waals surface area contributed by atoms with Crippen LogP contribution in [0, 0.1) is 0 Å². The van der Waals surface area contributed by atoms with E-state index in [1.807, 2.05) is 13.0 Å². The molecular formula is C24H22BrN3O. The Hall–Kier alpha value is -2.79. The molecule has 0 fully saturated rings. The van der Waals surface area contributed by atoms with Crippen LogP contribution in [0.2, 0.25) is 0 Å². The van der Waals surface area contributed by atoms with Crippen LogP contribution >= 0.6 is 15.9 Å². The van der Waals surface area contributed by atoms with Crippen LogP contribution < -0.4 is 10.1 Å². The first-order valence-corrected chi connectivity index (χ1v) is 10.7. The Kier molecular flexibility index (Phi) is 4.76.